The van der Waals surface area contributed by atoms with Crippen molar-refractivity contribution in [2.24, 2.45) is 0 Å². The third-order valence-corrected chi connectivity index (χ3v) is 5.11. The Kier molecular flexibility index (Phi) is 6.99. The van der Waals surface area contributed by atoms with Gasteiger partial charge in [-0.2, -0.15) is 0 Å². The smallest absolute Gasteiger partial charge is 0.137 e. The molecule has 0 bridgehead atoms. The van der Waals surface area contributed by atoms with Gasteiger partial charge < -0.3 is 10.1 Å². The van der Waals surface area contributed by atoms with Crippen LogP contribution in [-0.4, -0.2) is 37.7 Å². The quantitative estimate of drug-likeness (QED) is 0.748. The molecule has 1 N–H and O–H groups in total. The van der Waals surface area contributed by atoms with Crippen LogP contribution in [0.3, 0.4) is 0 Å². The van der Waals surface area contributed by atoms with Crippen molar-refractivity contribution in [3.05, 3.63) is 26.6 Å². The van der Waals surface area contributed by atoms with Crippen LogP contribution in [0.25, 0.3) is 0 Å². The van der Waals surface area contributed by atoms with Crippen LogP contribution < -0.4 is 10.1 Å². The van der Waals surface area contributed by atoms with Gasteiger partial charge >= 0.3 is 0 Å². The number of piperidine rings is 1. The highest BCUT2D eigenvalue weighted by Crippen LogP contribution is 2.32. The second-order valence-electron chi connectivity index (χ2n) is 5.66. The molecule has 5 heteroatoms. The SMILES string of the molecule is COc1c(Br)cc(Br)cc1CNCC(C)N1CCCCC1. The predicted octanol–water partition coefficient (Wildman–Crippen LogP) is 4.18. The Hall–Kier alpha value is -0.100. The average molecular weight is 420 g/mol. The Morgan fingerprint density at radius 1 is 1.24 bits per heavy atom. The number of benzene rings is 1. The molecule has 1 atom stereocenters. The van der Waals surface area contributed by atoms with E-state index in [1.807, 2.05) is 6.07 Å². The van der Waals surface area contributed by atoms with Crippen molar-refractivity contribution < 1.29 is 4.74 Å². The second kappa shape index (κ2) is 8.51. The van der Waals surface area contributed by atoms with E-state index in [2.05, 4.69) is 55.1 Å². The van der Waals surface area contributed by atoms with Gasteiger partial charge in [0, 0.05) is 29.2 Å². The summed E-state index contributed by atoms with van der Waals surface area (Å²) in [5, 5.41) is 3.56. The van der Waals surface area contributed by atoms with Crippen molar-refractivity contribution in [1.82, 2.24) is 10.2 Å². The van der Waals surface area contributed by atoms with Crippen LogP contribution in [0.1, 0.15) is 31.7 Å². The number of nitrogens with zero attached hydrogens (tertiary/aromatic N) is 1. The van der Waals surface area contributed by atoms with E-state index in [9.17, 15) is 0 Å². The van der Waals surface area contributed by atoms with E-state index < -0.39 is 0 Å². The molecular weight excluding hydrogens is 396 g/mol. The standard InChI is InChI=1S/C16H24Br2N2O/c1-12(20-6-4-3-5-7-20)10-19-11-13-8-14(17)9-15(18)16(13)21-2/h8-9,12,19H,3-7,10-11H2,1-2H3. The van der Waals surface area contributed by atoms with Gasteiger partial charge in [-0.1, -0.05) is 22.4 Å². The van der Waals surface area contributed by atoms with E-state index in [-0.39, 0.29) is 0 Å². The topological polar surface area (TPSA) is 24.5 Å². The van der Waals surface area contributed by atoms with Crippen molar-refractivity contribution in [3.8, 4) is 5.75 Å². The number of ether oxygens (including phenoxy) is 1. The highest BCUT2D eigenvalue weighted by Gasteiger charge is 2.16. The van der Waals surface area contributed by atoms with E-state index in [0.29, 0.717) is 6.04 Å². The number of methoxy groups -OCH3 is 1. The van der Waals surface area contributed by atoms with Gasteiger partial charge in [-0.15, -0.1) is 0 Å². The van der Waals surface area contributed by atoms with Crippen molar-refractivity contribution in [3.63, 3.8) is 0 Å². The van der Waals surface area contributed by atoms with Crippen LogP contribution in [0.5, 0.6) is 5.75 Å². The molecule has 0 amide bonds. The van der Waals surface area contributed by atoms with Crippen molar-refractivity contribution in [2.45, 2.75) is 38.8 Å². The highest BCUT2D eigenvalue weighted by atomic mass is 79.9. The molecular formula is C16H24Br2N2O. The van der Waals surface area contributed by atoms with Gasteiger partial charge in [0.2, 0.25) is 0 Å². The van der Waals surface area contributed by atoms with Gasteiger partial charge in [0.25, 0.3) is 0 Å². The minimum atomic E-state index is 0.590. The molecule has 1 fully saturated rings. The fraction of sp³-hybridized carbons (Fsp3) is 0.625. The molecule has 1 saturated heterocycles. The first-order valence-electron chi connectivity index (χ1n) is 7.58. The molecule has 1 aliphatic heterocycles. The summed E-state index contributed by atoms with van der Waals surface area (Å²) in [4.78, 5) is 2.59. The molecule has 1 aromatic carbocycles. The summed E-state index contributed by atoms with van der Waals surface area (Å²) >= 11 is 7.09. The molecule has 0 saturated carbocycles. The summed E-state index contributed by atoms with van der Waals surface area (Å²) in [6, 6.07) is 4.72. The highest BCUT2D eigenvalue weighted by molar-refractivity contribution is 9.11. The maximum absolute atomic E-state index is 5.49. The first-order chi connectivity index (χ1) is 10.1. The van der Waals surface area contributed by atoms with Crippen LogP contribution in [0.15, 0.2) is 21.1 Å². The van der Waals surface area contributed by atoms with Gasteiger partial charge in [-0.05, 0) is 60.9 Å². The zero-order valence-corrected chi connectivity index (χ0v) is 16.0. The fourth-order valence-corrected chi connectivity index (χ4v) is 4.35. The lowest BCUT2D eigenvalue weighted by molar-refractivity contribution is 0.170. The monoisotopic (exact) mass is 418 g/mol. The summed E-state index contributed by atoms with van der Waals surface area (Å²) in [6.45, 7) is 6.63. The minimum Gasteiger partial charge on any atom is -0.495 e. The van der Waals surface area contributed by atoms with E-state index in [1.54, 1.807) is 7.11 Å². The Bertz CT molecular complexity index is 462. The lowest BCUT2D eigenvalue weighted by Crippen LogP contribution is -2.42. The Labute approximate surface area is 144 Å². The maximum atomic E-state index is 5.49. The molecule has 2 rings (SSSR count). The number of halogens is 2. The number of hydrogen-bond donors (Lipinski definition) is 1. The largest absolute Gasteiger partial charge is 0.495 e. The van der Waals surface area contributed by atoms with Gasteiger partial charge in [0.15, 0.2) is 0 Å². The number of rotatable bonds is 6. The normalized spacial score (nSPS) is 17.7. The molecule has 0 aliphatic carbocycles. The van der Waals surface area contributed by atoms with Gasteiger partial charge in [0.1, 0.15) is 5.75 Å². The van der Waals surface area contributed by atoms with Crippen LogP contribution in [-0.2, 0) is 6.54 Å². The van der Waals surface area contributed by atoms with Crippen molar-refractivity contribution >= 4 is 31.9 Å². The molecule has 0 aromatic heterocycles. The van der Waals surface area contributed by atoms with E-state index >= 15 is 0 Å². The van der Waals surface area contributed by atoms with E-state index in [4.69, 9.17) is 4.74 Å². The van der Waals surface area contributed by atoms with Gasteiger partial charge in [0.05, 0.1) is 11.6 Å². The molecule has 1 aromatic rings. The summed E-state index contributed by atoms with van der Waals surface area (Å²) < 4.78 is 7.54. The third kappa shape index (κ3) is 4.95. The van der Waals surface area contributed by atoms with Crippen LogP contribution in [0.2, 0.25) is 0 Å². The molecule has 1 unspecified atom stereocenters. The molecule has 3 nitrogen and oxygen atoms in total. The second-order valence-corrected chi connectivity index (χ2v) is 7.43. The van der Waals surface area contributed by atoms with E-state index in [1.165, 1.54) is 37.9 Å². The van der Waals surface area contributed by atoms with Crippen LogP contribution in [0.4, 0.5) is 0 Å². The lowest BCUT2D eigenvalue weighted by Gasteiger charge is -2.32. The summed E-state index contributed by atoms with van der Waals surface area (Å²) in [5.74, 6) is 0.913. The minimum absolute atomic E-state index is 0.590. The van der Waals surface area contributed by atoms with Gasteiger partial charge in [-0.3, -0.25) is 4.90 Å². The molecule has 0 radical (unpaired) electrons. The first kappa shape index (κ1) is 17.3. The fourth-order valence-electron chi connectivity index (χ4n) is 2.88. The molecule has 1 aliphatic rings. The molecule has 21 heavy (non-hydrogen) atoms. The Morgan fingerprint density at radius 2 is 1.95 bits per heavy atom. The number of likely N-dealkylation sites (tertiary alicyclic amines) is 1. The van der Waals surface area contributed by atoms with Crippen molar-refractivity contribution in [1.29, 1.82) is 0 Å². The number of hydrogen-bond acceptors (Lipinski definition) is 3. The summed E-state index contributed by atoms with van der Waals surface area (Å²) in [5.41, 5.74) is 1.17. The average Bonchev–Trinajstić information content (AvgIpc) is 2.47. The number of nitrogens with one attached hydrogen (secondary N) is 1. The predicted molar refractivity (Wildman–Crippen MR) is 95.0 cm³/mol. The Morgan fingerprint density at radius 3 is 2.62 bits per heavy atom. The summed E-state index contributed by atoms with van der Waals surface area (Å²) in [7, 11) is 1.72. The third-order valence-electron chi connectivity index (χ3n) is 4.06. The zero-order chi connectivity index (χ0) is 15.2. The van der Waals surface area contributed by atoms with Crippen LogP contribution >= 0.6 is 31.9 Å². The lowest BCUT2D eigenvalue weighted by atomic mass is 10.1. The summed E-state index contributed by atoms with van der Waals surface area (Å²) in [6.07, 6.45) is 4.08. The van der Waals surface area contributed by atoms with E-state index in [0.717, 1.165) is 27.8 Å². The molecule has 118 valence electrons. The first-order valence-corrected chi connectivity index (χ1v) is 9.17. The maximum Gasteiger partial charge on any atom is 0.137 e. The van der Waals surface area contributed by atoms with Gasteiger partial charge in [-0.25, -0.2) is 0 Å². The zero-order valence-electron chi connectivity index (χ0n) is 12.8. The Balaban J connectivity index is 1.88. The molecule has 1 heterocycles. The molecule has 0 spiro atoms. The van der Waals surface area contributed by atoms with Crippen LogP contribution in [0, 0.1) is 0 Å². The van der Waals surface area contributed by atoms with Crippen molar-refractivity contribution in [2.75, 3.05) is 26.7 Å².